The lowest BCUT2D eigenvalue weighted by molar-refractivity contribution is -0.182. The molecule has 0 unspecified atom stereocenters. The first-order valence-corrected chi connectivity index (χ1v) is 7.40. The van der Waals surface area contributed by atoms with Gasteiger partial charge in [-0.05, 0) is 37.1 Å². The average molecular weight is 293 g/mol. The van der Waals surface area contributed by atoms with Gasteiger partial charge >= 0.3 is 0 Å². The van der Waals surface area contributed by atoms with Crippen molar-refractivity contribution >= 4 is 5.91 Å². The highest BCUT2D eigenvalue weighted by molar-refractivity contribution is 5.94. The largest absolute Gasteiger partial charge is 0.348 e. The van der Waals surface area contributed by atoms with Gasteiger partial charge in [-0.15, -0.1) is 0 Å². The number of benzene rings is 1. The van der Waals surface area contributed by atoms with Crippen molar-refractivity contribution in [1.82, 2.24) is 4.90 Å². The van der Waals surface area contributed by atoms with Gasteiger partial charge < -0.3 is 14.4 Å². The van der Waals surface area contributed by atoms with Gasteiger partial charge in [0.1, 0.15) is 5.82 Å². The van der Waals surface area contributed by atoms with Gasteiger partial charge in [0.2, 0.25) is 0 Å². The second kappa shape index (κ2) is 5.73. The van der Waals surface area contributed by atoms with Crippen LogP contribution in [0.15, 0.2) is 24.3 Å². The number of halogens is 1. The summed E-state index contributed by atoms with van der Waals surface area (Å²) in [6, 6.07) is 5.87. The van der Waals surface area contributed by atoms with E-state index < -0.39 is 5.79 Å². The number of carbonyl (C=O) groups is 1. The number of ether oxygens (including phenoxy) is 2. The van der Waals surface area contributed by atoms with E-state index >= 15 is 0 Å². The van der Waals surface area contributed by atoms with Crippen molar-refractivity contribution in [3.8, 4) is 0 Å². The van der Waals surface area contributed by atoms with E-state index in [1.807, 2.05) is 7.05 Å². The third-order valence-electron chi connectivity index (χ3n) is 4.49. The molecule has 1 aliphatic carbocycles. The molecule has 0 N–H and O–H groups in total. The van der Waals surface area contributed by atoms with Crippen LogP contribution >= 0.6 is 0 Å². The first kappa shape index (κ1) is 14.5. The van der Waals surface area contributed by atoms with E-state index in [-0.39, 0.29) is 17.8 Å². The van der Waals surface area contributed by atoms with Crippen LogP contribution in [-0.2, 0) is 9.47 Å². The molecule has 0 atom stereocenters. The minimum absolute atomic E-state index is 0.0655. The van der Waals surface area contributed by atoms with Crippen LogP contribution in [0.3, 0.4) is 0 Å². The van der Waals surface area contributed by atoms with E-state index in [0.717, 1.165) is 25.7 Å². The van der Waals surface area contributed by atoms with Crippen molar-refractivity contribution in [2.24, 2.45) is 0 Å². The summed E-state index contributed by atoms with van der Waals surface area (Å²) in [6.07, 6.45) is 3.37. The molecule has 1 saturated carbocycles. The highest BCUT2D eigenvalue weighted by atomic mass is 19.1. The van der Waals surface area contributed by atoms with E-state index in [2.05, 4.69) is 0 Å². The number of hydrogen-bond acceptors (Lipinski definition) is 3. The summed E-state index contributed by atoms with van der Waals surface area (Å²) in [4.78, 5) is 14.2. The molecule has 3 rings (SSSR count). The fourth-order valence-corrected chi connectivity index (χ4v) is 3.18. The lowest BCUT2D eigenvalue weighted by atomic mass is 9.89. The topological polar surface area (TPSA) is 38.8 Å². The second-order valence-corrected chi connectivity index (χ2v) is 5.76. The summed E-state index contributed by atoms with van der Waals surface area (Å²) < 4.78 is 24.3. The Morgan fingerprint density at radius 1 is 1.19 bits per heavy atom. The number of hydrogen-bond donors (Lipinski definition) is 0. The average Bonchev–Trinajstić information content (AvgIpc) is 2.96. The highest BCUT2D eigenvalue weighted by Gasteiger charge is 2.41. The standard InChI is InChI=1S/C16H20FNO3/c1-18(15(19)12-2-4-13(17)5-3-12)14-6-8-16(9-7-14)20-10-11-21-16/h2-5,14H,6-11H2,1H3. The molecule has 5 heteroatoms. The van der Waals surface area contributed by atoms with Crippen molar-refractivity contribution in [3.63, 3.8) is 0 Å². The molecule has 0 bridgehead atoms. The Morgan fingerprint density at radius 2 is 1.76 bits per heavy atom. The van der Waals surface area contributed by atoms with Crippen molar-refractivity contribution in [3.05, 3.63) is 35.6 Å². The highest BCUT2D eigenvalue weighted by Crippen LogP contribution is 2.37. The lowest BCUT2D eigenvalue weighted by Gasteiger charge is -2.39. The van der Waals surface area contributed by atoms with Gasteiger partial charge in [0.05, 0.1) is 13.2 Å². The zero-order chi connectivity index (χ0) is 14.9. The molecule has 1 amide bonds. The van der Waals surface area contributed by atoms with Gasteiger partial charge in [0.15, 0.2) is 5.79 Å². The van der Waals surface area contributed by atoms with E-state index in [4.69, 9.17) is 9.47 Å². The van der Waals surface area contributed by atoms with Gasteiger partial charge in [-0.3, -0.25) is 4.79 Å². The Bertz CT molecular complexity index is 501. The van der Waals surface area contributed by atoms with Crippen LogP contribution in [0, 0.1) is 5.82 Å². The number of amides is 1. The zero-order valence-electron chi connectivity index (χ0n) is 12.2. The molecular formula is C16H20FNO3. The predicted molar refractivity (Wildman–Crippen MR) is 75.4 cm³/mol. The molecule has 4 nitrogen and oxygen atoms in total. The Balaban J connectivity index is 1.62. The Morgan fingerprint density at radius 3 is 2.33 bits per heavy atom. The second-order valence-electron chi connectivity index (χ2n) is 5.76. The van der Waals surface area contributed by atoms with Crippen LogP contribution < -0.4 is 0 Å². The minimum Gasteiger partial charge on any atom is -0.348 e. The molecule has 114 valence electrons. The summed E-state index contributed by atoms with van der Waals surface area (Å²) in [5.41, 5.74) is 0.521. The first-order chi connectivity index (χ1) is 10.1. The van der Waals surface area contributed by atoms with E-state index in [0.29, 0.717) is 18.8 Å². The Kier molecular flexibility index (Phi) is 3.95. The first-order valence-electron chi connectivity index (χ1n) is 7.40. The molecule has 1 aromatic rings. The van der Waals surface area contributed by atoms with Gasteiger partial charge in [-0.2, -0.15) is 0 Å². The SMILES string of the molecule is CN(C(=O)c1ccc(F)cc1)C1CCC2(CC1)OCCO2. The van der Waals surface area contributed by atoms with Crippen molar-refractivity contribution < 1.29 is 18.7 Å². The monoisotopic (exact) mass is 293 g/mol. The molecule has 21 heavy (non-hydrogen) atoms. The van der Waals surface area contributed by atoms with E-state index in [1.54, 1.807) is 4.90 Å². The van der Waals surface area contributed by atoms with Gasteiger partial charge in [0.25, 0.3) is 5.91 Å². The van der Waals surface area contributed by atoms with Crippen molar-refractivity contribution in [2.75, 3.05) is 20.3 Å². The van der Waals surface area contributed by atoms with Gasteiger partial charge in [0, 0.05) is 31.5 Å². The van der Waals surface area contributed by atoms with E-state index in [9.17, 15) is 9.18 Å². The maximum absolute atomic E-state index is 12.9. The third kappa shape index (κ3) is 2.94. The Labute approximate surface area is 123 Å². The fourth-order valence-electron chi connectivity index (χ4n) is 3.18. The molecule has 0 radical (unpaired) electrons. The molecule has 1 heterocycles. The molecule has 0 aromatic heterocycles. The molecular weight excluding hydrogens is 273 g/mol. The fraction of sp³-hybridized carbons (Fsp3) is 0.562. The van der Waals surface area contributed by atoms with Crippen LogP contribution in [0.4, 0.5) is 4.39 Å². The molecule has 1 aromatic carbocycles. The van der Waals surface area contributed by atoms with Gasteiger partial charge in [-0.25, -0.2) is 4.39 Å². The lowest BCUT2D eigenvalue weighted by Crippen LogP contribution is -2.44. The van der Waals surface area contributed by atoms with E-state index in [1.165, 1.54) is 24.3 Å². The van der Waals surface area contributed by atoms with Crippen LogP contribution in [-0.4, -0.2) is 42.9 Å². The van der Waals surface area contributed by atoms with Crippen LogP contribution in [0.2, 0.25) is 0 Å². The third-order valence-corrected chi connectivity index (χ3v) is 4.49. The zero-order valence-corrected chi connectivity index (χ0v) is 12.2. The van der Waals surface area contributed by atoms with Crippen LogP contribution in [0.25, 0.3) is 0 Å². The quantitative estimate of drug-likeness (QED) is 0.841. The molecule has 2 fully saturated rings. The minimum atomic E-state index is -0.406. The smallest absolute Gasteiger partial charge is 0.253 e. The van der Waals surface area contributed by atoms with Crippen molar-refractivity contribution in [1.29, 1.82) is 0 Å². The maximum atomic E-state index is 12.9. The summed E-state index contributed by atoms with van der Waals surface area (Å²) in [7, 11) is 1.81. The predicted octanol–water partition coefficient (Wildman–Crippen LogP) is 2.58. The molecule has 1 aliphatic heterocycles. The number of nitrogens with zero attached hydrogens (tertiary/aromatic N) is 1. The summed E-state index contributed by atoms with van der Waals surface area (Å²) in [6.45, 7) is 1.32. The summed E-state index contributed by atoms with van der Waals surface area (Å²) in [5, 5.41) is 0. The van der Waals surface area contributed by atoms with Crippen molar-refractivity contribution in [2.45, 2.75) is 37.5 Å². The molecule has 1 spiro atoms. The van der Waals surface area contributed by atoms with Crippen LogP contribution in [0.5, 0.6) is 0 Å². The number of rotatable bonds is 2. The molecule has 2 aliphatic rings. The van der Waals surface area contributed by atoms with Gasteiger partial charge in [-0.1, -0.05) is 0 Å². The summed E-state index contributed by atoms with van der Waals surface area (Å²) in [5.74, 6) is -0.801. The van der Waals surface area contributed by atoms with Crippen LogP contribution in [0.1, 0.15) is 36.0 Å². The number of carbonyl (C=O) groups excluding carboxylic acids is 1. The summed E-state index contributed by atoms with van der Waals surface area (Å²) >= 11 is 0. The Hall–Kier alpha value is -1.46. The normalized spacial score (nSPS) is 21.6. The maximum Gasteiger partial charge on any atom is 0.253 e. The molecule has 1 saturated heterocycles.